The van der Waals surface area contributed by atoms with Gasteiger partial charge in [0, 0.05) is 11.0 Å². The first-order valence-corrected chi connectivity index (χ1v) is 8.52. The molecule has 2 unspecified atom stereocenters. The Morgan fingerprint density at radius 3 is 2.45 bits per heavy atom. The predicted octanol–water partition coefficient (Wildman–Crippen LogP) is 4.94. The Hall–Kier alpha value is -0.380. The molecule has 2 nitrogen and oxygen atoms in total. The number of halogens is 1. The first-order valence-electron chi connectivity index (χ1n) is 7.72. The van der Waals surface area contributed by atoms with E-state index >= 15 is 0 Å². The van der Waals surface area contributed by atoms with E-state index in [9.17, 15) is 0 Å². The molecule has 114 valence electrons. The van der Waals surface area contributed by atoms with E-state index in [2.05, 4.69) is 59.4 Å². The lowest BCUT2D eigenvalue weighted by Crippen LogP contribution is -2.22. The van der Waals surface area contributed by atoms with Gasteiger partial charge in [-0.1, -0.05) is 61.2 Å². The van der Waals surface area contributed by atoms with Gasteiger partial charge < -0.3 is 10.1 Å². The van der Waals surface area contributed by atoms with Crippen molar-refractivity contribution in [1.29, 1.82) is 0 Å². The van der Waals surface area contributed by atoms with Crippen LogP contribution >= 0.6 is 15.9 Å². The number of ether oxygens (including phenoxy) is 1. The zero-order valence-corrected chi connectivity index (χ0v) is 14.6. The second kappa shape index (κ2) is 10.4. The van der Waals surface area contributed by atoms with Gasteiger partial charge in [0.2, 0.25) is 0 Å². The SMILES string of the molecule is CCCCC(CC)COC(CNC)c1ccc(Br)cc1. The van der Waals surface area contributed by atoms with Crippen LogP contribution in [0.5, 0.6) is 0 Å². The zero-order chi connectivity index (χ0) is 14.8. The molecular weight excluding hydrogens is 314 g/mol. The number of rotatable bonds is 10. The Bertz CT molecular complexity index is 353. The summed E-state index contributed by atoms with van der Waals surface area (Å²) in [7, 11) is 1.98. The minimum absolute atomic E-state index is 0.142. The minimum Gasteiger partial charge on any atom is -0.372 e. The van der Waals surface area contributed by atoms with Gasteiger partial charge in [0.05, 0.1) is 12.7 Å². The van der Waals surface area contributed by atoms with Gasteiger partial charge in [-0.2, -0.15) is 0 Å². The molecule has 2 atom stereocenters. The number of likely N-dealkylation sites (N-methyl/N-ethyl adjacent to an activating group) is 1. The van der Waals surface area contributed by atoms with Crippen molar-refractivity contribution in [3.63, 3.8) is 0 Å². The Morgan fingerprint density at radius 1 is 1.20 bits per heavy atom. The van der Waals surface area contributed by atoms with Crippen LogP contribution in [0.4, 0.5) is 0 Å². The van der Waals surface area contributed by atoms with Crippen LogP contribution in [0.2, 0.25) is 0 Å². The molecule has 1 aromatic carbocycles. The highest BCUT2D eigenvalue weighted by atomic mass is 79.9. The maximum atomic E-state index is 6.18. The summed E-state index contributed by atoms with van der Waals surface area (Å²) in [4.78, 5) is 0. The normalized spacial score (nSPS) is 14.2. The monoisotopic (exact) mass is 341 g/mol. The summed E-state index contributed by atoms with van der Waals surface area (Å²) < 4.78 is 7.29. The van der Waals surface area contributed by atoms with Crippen LogP contribution in [0.3, 0.4) is 0 Å². The van der Waals surface area contributed by atoms with Crippen LogP contribution in [0, 0.1) is 5.92 Å². The lowest BCUT2D eigenvalue weighted by molar-refractivity contribution is 0.0260. The average Bonchev–Trinajstić information content (AvgIpc) is 2.47. The van der Waals surface area contributed by atoms with Gasteiger partial charge in [-0.3, -0.25) is 0 Å². The van der Waals surface area contributed by atoms with Crippen LogP contribution in [0.25, 0.3) is 0 Å². The molecular formula is C17H28BrNO. The van der Waals surface area contributed by atoms with Crippen molar-refractivity contribution in [2.45, 2.75) is 45.6 Å². The average molecular weight is 342 g/mol. The molecule has 0 bridgehead atoms. The first kappa shape index (κ1) is 17.7. The van der Waals surface area contributed by atoms with Gasteiger partial charge in [-0.05, 0) is 37.1 Å². The van der Waals surface area contributed by atoms with Crippen LogP contribution in [0.1, 0.15) is 51.2 Å². The van der Waals surface area contributed by atoms with E-state index < -0.39 is 0 Å². The van der Waals surface area contributed by atoms with E-state index in [0.717, 1.165) is 17.6 Å². The summed E-state index contributed by atoms with van der Waals surface area (Å²) in [6, 6.07) is 8.43. The Labute approximate surface area is 132 Å². The highest BCUT2D eigenvalue weighted by Gasteiger charge is 2.14. The molecule has 0 saturated carbocycles. The van der Waals surface area contributed by atoms with Crippen LogP contribution in [-0.4, -0.2) is 20.2 Å². The number of nitrogens with one attached hydrogen (secondary N) is 1. The molecule has 0 radical (unpaired) electrons. The van der Waals surface area contributed by atoms with Gasteiger partial charge in [0.1, 0.15) is 0 Å². The van der Waals surface area contributed by atoms with Crippen molar-refractivity contribution in [2.75, 3.05) is 20.2 Å². The molecule has 0 aromatic heterocycles. The van der Waals surface area contributed by atoms with Crippen LogP contribution in [-0.2, 0) is 4.74 Å². The third kappa shape index (κ3) is 6.38. The third-order valence-corrected chi connectivity index (χ3v) is 4.24. The largest absolute Gasteiger partial charge is 0.372 e. The number of hydrogen-bond acceptors (Lipinski definition) is 2. The molecule has 1 N–H and O–H groups in total. The summed E-state index contributed by atoms with van der Waals surface area (Å²) in [5, 5.41) is 3.23. The second-order valence-electron chi connectivity index (χ2n) is 5.35. The minimum atomic E-state index is 0.142. The zero-order valence-electron chi connectivity index (χ0n) is 13.0. The Morgan fingerprint density at radius 2 is 1.90 bits per heavy atom. The molecule has 0 amide bonds. The van der Waals surface area contributed by atoms with Crippen molar-refractivity contribution in [3.05, 3.63) is 34.3 Å². The number of benzene rings is 1. The lowest BCUT2D eigenvalue weighted by atomic mass is 10.0. The summed E-state index contributed by atoms with van der Waals surface area (Å²) in [6.45, 7) is 6.22. The molecule has 20 heavy (non-hydrogen) atoms. The van der Waals surface area contributed by atoms with E-state index in [1.807, 2.05) is 7.05 Å². The molecule has 3 heteroatoms. The predicted molar refractivity (Wildman–Crippen MR) is 90.1 cm³/mol. The van der Waals surface area contributed by atoms with E-state index in [-0.39, 0.29) is 6.10 Å². The summed E-state index contributed by atoms with van der Waals surface area (Å²) in [5.41, 5.74) is 1.24. The van der Waals surface area contributed by atoms with Crippen molar-refractivity contribution in [2.24, 2.45) is 5.92 Å². The van der Waals surface area contributed by atoms with Crippen molar-refractivity contribution in [3.8, 4) is 0 Å². The van der Waals surface area contributed by atoms with Crippen molar-refractivity contribution >= 4 is 15.9 Å². The molecule has 0 aliphatic carbocycles. The van der Waals surface area contributed by atoms with E-state index in [0.29, 0.717) is 5.92 Å². The molecule has 1 rings (SSSR count). The third-order valence-electron chi connectivity index (χ3n) is 3.71. The fourth-order valence-corrected chi connectivity index (χ4v) is 2.55. The van der Waals surface area contributed by atoms with Gasteiger partial charge in [-0.15, -0.1) is 0 Å². The smallest absolute Gasteiger partial charge is 0.0949 e. The summed E-state index contributed by atoms with van der Waals surface area (Å²) in [5.74, 6) is 0.685. The van der Waals surface area contributed by atoms with E-state index in [1.165, 1.54) is 31.2 Å². The maximum Gasteiger partial charge on any atom is 0.0949 e. The fraction of sp³-hybridized carbons (Fsp3) is 0.647. The second-order valence-corrected chi connectivity index (χ2v) is 6.26. The van der Waals surface area contributed by atoms with Crippen molar-refractivity contribution < 1.29 is 4.74 Å². The highest BCUT2D eigenvalue weighted by Crippen LogP contribution is 2.22. The van der Waals surface area contributed by atoms with Crippen LogP contribution in [0.15, 0.2) is 28.7 Å². The molecule has 0 aliphatic heterocycles. The molecule has 0 fully saturated rings. The van der Waals surface area contributed by atoms with Gasteiger partial charge in [-0.25, -0.2) is 0 Å². The van der Waals surface area contributed by atoms with Gasteiger partial charge in [0.15, 0.2) is 0 Å². The molecule has 1 aromatic rings. The van der Waals surface area contributed by atoms with Gasteiger partial charge >= 0.3 is 0 Å². The Balaban J connectivity index is 2.55. The standard InChI is InChI=1S/C17H28BrNO/c1-4-6-7-14(5-2)13-20-17(12-19-3)15-8-10-16(18)11-9-15/h8-11,14,17,19H,4-7,12-13H2,1-3H3. The summed E-state index contributed by atoms with van der Waals surface area (Å²) in [6.07, 6.45) is 5.19. The fourth-order valence-electron chi connectivity index (χ4n) is 2.29. The van der Waals surface area contributed by atoms with E-state index in [1.54, 1.807) is 0 Å². The molecule has 0 heterocycles. The molecule has 0 spiro atoms. The maximum absolute atomic E-state index is 6.18. The first-order chi connectivity index (χ1) is 9.71. The van der Waals surface area contributed by atoms with Gasteiger partial charge in [0.25, 0.3) is 0 Å². The quantitative estimate of drug-likeness (QED) is 0.650. The molecule has 0 aliphatic rings. The summed E-state index contributed by atoms with van der Waals surface area (Å²) >= 11 is 3.48. The Kier molecular flexibility index (Phi) is 9.16. The topological polar surface area (TPSA) is 21.3 Å². The number of unbranched alkanes of at least 4 members (excludes halogenated alkanes) is 1. The molecule has 0 saturated heterocycles. The number of hydrogen-bond donors (Lipinski definition) is 1. The highest BCUT2D eigenvalue weighted by molar-refractivity contribution is 9.10. The lowest BCUT2D eigenvalue weighted by Gasteiger charge is -2.22. The van der Waals surface area contributed by atoms with E-state index in [4.69, 9.17) is 4.74 Å². The van der Waals surface area contributed by atoms with Crippen LogP contribution < -0.4 is 5.32 Å². The van der Waals surface area contributed by atoms with Crippen molar-refractivity contribution in [1.82, 2.24) is 5.32 Å².